The molecule has 11 aromatic rings. The second-order valence-corrected chi connectivity index (χ2v) is 12.6. The second-order valence-electron chi connectivity index (χ2n) is 12.6. The SMILES string of the molecule is [2H]c1c([2H])c([2H])c2c(-c3ccc(-c4cccc5oc6ccccc6c45)c4oc5ccccc5c34)c3c([2H])c([2H])c([2H])c([2H])c3c(-c3ccc4ccccc4c3)c2c1[2H]. The number of fused-ring (bicyclic) bond motifs is 9. The van der Waals surface area contributed by atoms with E-state index < -0.39 is 24.2 Å². The molecule has 2 heterocycles. The van der Waals surface area contributed by atoms with Gasteiger partial charge in [0.1, 0.15) is 22.3 Å². The third-order valence-corrected chi connectivity index (χ3v) is 9.90. The fraction of sp³-hybridized carbons (Fsp3) is 0. The lowest BCUT2D eigenvalue weighted by atomic mass is 9.84. The van der Waals surface area contributed by atoms with Crippen LogP contribution in [-0.4, -0.2) is 0 Å². The summed E-state index contributed by atoms with van der Waals surface area (Å²) in [7, 11) is 0. The Bertz CT molecular complexity index is 3540. The fourth-order valence-electron chi connectivity index (χ4n) is 7.78. The highest BCUT2D eigenvalue weighted by atomic mass is 16.3. The minimum absolute atomic E-state index is 0.147. The van der Waals surface area contributed by atoms with Crippen molar-refractivity contribution in [2.24, 2.45) is 0 Å². The first kappa shape index (κ1) is 20.7. The van der Waals surface area contributed by atoms with Gasteiger partial charge in [-0.1, -0.05) is 139 Å². The number of furan rings is 2. The molecule has 232 valence electrons. The van der Waals surface area contributed by atoms with Crippen molar-refractivity contribution in [1.82, 2.24) is 0 Å². The lowest BCUT2D eigenvalue weighted by Gasteiger charge is -2.19. The number of para-hydroxylation sites is 2. The van der Waals surface area contributed by atoms with Crippen molar-refractivity contribution >= 4 is 76.2 Å². The topological polar surface area (TPSA) is 26.3 Å². The molecule has 0 spiro atoms. The van der Waals surface area contributed by atoms with Crippen LogP contribution in [0.2, 0.25) is 0 Å². The number of hydrogen-bond donors (Lipinski definition) is 0. The first-order valence-electron chi connectivity index (χ1n) is 20.4. The van der Waals surface area contributed by atoms with E-state index >= 15 is 0 Å². The molecule has 0 bridgehead atoms. The molecule has 0 saturated heterocycles. The van der Waals surface area contributed by atoms with Crippen LogP contribution in [0.3, 0.4) is 0 Å². The highest BCUT2D eigenvalue weighted by Gasteiger charge is 2.23. The zero-order valence-corrected chi connectivity index (χ0v) is 26.4. The van der Waals surface area contributed by atoms with Crippen LogP contribution >= 0.6 is 0 Å². The Morgan fingerprint density at radius 3 is 1.70 bits per heavy atom. The van der Waals surface area contributed by atoms with Crippen LogP contribution < -0.4 is 0 Å². The molecule has 0 aliphatic heterocycles. The number of hydrogen-bond acceptors (Lipinski definition) is 2. The minimum Gasteiger partial charge on any atom is -0.456 e. The molecule has 0 atom stereocenters. The molecule has 9 aromatic carbocycles. The highest BCUT2D eigenvalue weighted by Crippen LogP contribution is 2.49. The van der Waals surface area contributed by atoms with Crippen LogP contribution in [0.5, 0.6) is 0 Å². The van der Waals surface area contributed by atoms with Crippen molar-refractivity contribution in [3.63, 3.8) is 0 Å². The first-order chi connectivity index (χ1) is 28.1. The van der Waals surface area contributed by atoms with Gasteiger partial charge in [-0.25, -0.2) is 0 Å². The molecule has 50 heavy (non-hydrogen) atoms. The van der Waals surface area contributed by atoms with Crippen molar-refractivity contribution in [2.75, 3.05) is 0 Å². The van der Waals surface area contributed by atoms with Gasteiger partial charge >= 0.3 is 0 Å². The van der Waals surface area contributed by atoms with E-state index in [2.05, 4.69) is 0 Å². The van der Waals surface area contributed by atoms with Crippen LogP contribution in [0.25, 0.3) is 110 Å². The number of rotatable bonds is 3. The van der Waals surface area contributed by atoms with Gasteiger partial charge in [0.25, 0.3) is 0 Å². The maximum Gasteiger partial charge on any atom is 0.143 e. The third kappa shape index (κ3) is 3.85. The van der Waals surface area contributed by atoms with E-state index in [9.17, 15) is 5.48 Å². The van der Waals surface area contributed by atoms with Gasteiger partial charge in [-0.05, 0) is 90.5 Å². The smallest absolute Gasteiger partial charge is 0.143 e. The summed E-state index contributed by atoms with van der Waals surface area (Å²) in [6, 6.07) is 35.5. The van der Waals surface area contributed by atoms with Gasteiger partial charge in [-0.3, -0.25) is 0 Å². The molecule has 11 rings (SSSR count). The predicted octanol–water partition coefficient (Wildman–Crippen LogP) is 13.9. The van der Waals surface area contributed by atoms with Gasteiger partial charge in [0.15, 0.2) is 0 Å². The van der Waals surface area contributed by atoms with Crippen LogP contribution in [0.4, 0.5) is 0 Å². The van der Waals surface area contributed by atoms with E-state index in [0.29, 0.717) is 38.8 Å². The average Bonchev–Trinajstić information content (AvgIpc) is 3.84. The Morgan fingerprint density at radius 2 is 0.960 bits per heavy atom. The maximum atomic E-state index is 9.54. The van der Waals surface area contributed by atoms with Crippen LogP contribution in [0, 0.1) is 0 Å². The molecule has 0 radical (unpaired) electrons. The molecule has 0 aliphatic rings. The molecule has 0 saturated carbocycles. The monoisotopic (exact) mass is 644 g/mol. The molecule has 2 heteroatoms. The summed E-state index contributed by atoms with van der Waals surface area (Å²) in [6.45, 7) is 0. The minimum atomic E-state index is -0.452. The summed E-state index contributed by atoms with van der Waals surface area (Å²) in [5.74, 6) is 0. The summed E-state index contributed by atoms with van der Waals surface area (Å²) in [5.41, 5.74) is 5.81. The molecule has 2 aromatic heterocycles. The average molecular weight is 645 g/mol. The van der Waals surface area contributed by atoms with Crippen LogP contribution in [-0.2, 0) is 0 Å². The maximum absolute atomic E-state index is 9.54. The van der Waals surface area contributed by atoms with Gasteiger partial charge in [0.2, 0.25) is 0 Å². The van der Waals surface area contributed by atoms with Crippen molar-refractivity contribution in [1.29, 1.82) is 0 Å². The third-order valence-electron chi connectivity index (χ3n) is 9.90. The summed E-state index contributed by atoms with van der Waals surface area (Å²) >= 11 is 0. The quantitative estimate of drug-likeness (QED) is 0.179. The van der Waals surface area contributed by atoms with Gasteiger partial charge in [0, 0.05) is 27.1 Å². The normalized spacial score (nSPS) is 14.2. The molecular formula is C48H28O2. The van der Waals surface area contributed by atoms with Gasteiger partial charge in [-0.15, -0.1) is 0 Å². The Balaban J connectivity index is 1.37. The van der Waals surface area contributed by atoms with Gasteiger partial charge in [-0.2, -0.15) is 0 Å². The summed E-state index contributed by atoms with van der Waals surface area (Å²) in [4.78, 5) is 0. The van der Waals surface area contributed by atoms with E-state index in [4.69, 9.17) is 14.3 Å². The molecule has 0 amide bonds. The summed E-state index contributed by atoms with van der Waals surface area (Å²) < 4.78 is 86.7. The lowest BCUT2D eigenvalue weighted by Crippen LogP contribution is -1.92. The van der Waals surface area contributed by atoms with Crippen LogP contribution in [0.15, 0.2) is 179 Å². The standard InChI is InChI=1S/C48H28O2/c1-2-13-30-28-31(25-24-29(30)12-1)44-32-14-3-5-16-34(32)45(35-17-6-4-15-33(35)44)40-27-26-37(48-47(40)39-19-8-10-22-42(39)50-48)36-20-11-23-43-46(36)38-18-7-9-21-41(38)49-43/h1-28H/i3D,4D,5D,6D,14D,15D,16D,17D. The molecule has 0 N–H and O–H groups in total. The first-order valence-corrected chi connectivity index (χ1v) is 16.4. The molecular weight excluding hydrogens is 609 g/mol. The molecule has 2 nitrogen and oxygen atoms in total. The molecule has 0 fully saturated rings. The van der Waals surface area contributed by atoms with Crippen molar-refractivity contribution in [2.45, 2.75) is 0 Å². The Morgan fingerprint density at radius 1 is 0.380 bits per heavy atom. The molecule has 0 aliphatic carbocycles. The fourth-order valence-corrected chi connectivity index (χ4v) is 7.78. The van der Waals surface area contributed by atoms with Crippen molar-refractivity contribution in [3.05, 3.63) is 170 Å². The van der Waals surface area contributed by atoms with Crippen molar-refractivity contribution in [3.8, 4) is 33.4 Å². The zero-order chi connectivity index (χ0) is 39.7. The summed E-state index contributed by atoms with van der Waals surface area (Å²) in [6.07, 6.45) is 0. The largest absolute Gasteiger partial charge is 0.456 e. The van der Waals surface area contributed by atoms with E-state index in [1.165, 1.54) is 0 Å². The predicted molar refractivity (Wildman–Crippen MR) is 210 cm³/mol. The highest BCUT2D eigenvalue weighted by molar-refractivity contribution is 6.27. The van der Waals surface area contributed by atoms with E-state index in [1.807, 2.05) is 121 Å². The van der Waals surface area contributed by atoms with E-state index in [0.717, 1.165) is 43.6 Å². The summed E-state index contributed by atoms with van der Waals surface area (Å²) in [5, 5.41) is 5.66. The van der Waals surface area contributed by atoms with Gasteiger partial charge in [0.05, 0.1) is 11.0 Å². The Kier molecular flexibility index (Phi) is 4.31. The van der Waals surface area contributed by atoms with Crippen LogP contribution in [0.1, 0.15) is 11.0 Å². The molecule has 0 unspecified atom stereocenters. The second kappa shape index (κ2) is 10.4. The van der Waals surface area contributed by atoms with E-state index in [-0.39, 0.29) is 51.3 Å². The van der Waals surface area contributed by atoms with Gasteiger partial charge < -0.3 is 8.83 Å². The Hall–Kier alpha value is -6.64. The van der Waals surface area contributed by atoms with E-state index in [1.54, 1.807) is 0 Å². The Labute approximate surface area is 298 Å². The number of benzene rings is 9. The zero-order valence-electron chi connectivity index (χ0n) is 34.4. The van der Waals surface area contributed by atoms with Crippen molar-refractivity contribution < 1.29 is 19.8 Å². The lowest BCUT2D eigenvalue weighted by molar-refractivity contribution is 0.668.